The van der Waals surface area contributed by atoms with Gasteiger partial charge in [0.15, 0.2) is 0 Å². The van der Waals surface area contributed by atoms with E-state index in [1.807, 2.05) is 0 Å². The smallest absolute Gasteiger partial charge is 0.0345 e. The molecule has 0 amide bonds. The fraction of sp³-hybridized carbons (Fsp3) is 1.00. The summed E-state index contributed by atoms with van der Waals surface area (Å²) >= 11 is 4.21. The van der Waals surface area contributed by atoms with Gasteiger partial charge in [0.1, 0.15) is 0 Å². The second kappa shape index (κ2) is 7.24. The van der Waals surface area contributed by atoms with Gasteiger partial charge in [-0.25, -0.2) is 0 Å². The lowest BCUT2D eigenvalue weighted by atomic mass is 10.2. The normalized spacial score (nSPS) is 30.4. The lowest BCUT2D eigenvalue weighted by molar-refractivity contribution is 0.112. The fourth-order valence-electron chi connectivity index (χ4n) is 2.36. The van der Waals surface area contributed by atoms with Gasteiger partial charge in [0.2, 0.25) is 0 Å². The highest BCUT2D eigenvalue weighted by Crippen LogP contribution is 2.16. The fourth-order valence-corrected chi connectivity index (χ4v) is 4.83. The van der Waals surface area contributed by atoms with Crippen LogP contribution in [0.4, 0.5) is 0 Å². The molecule has 3 nitrogen and oxygen atoms in total. The van der Waals surface area contributed by atoms with Gasteiger partial charge in [-0.3, -0.25) is 4.90 Å². The number of thioether (sulfide) groups is 2. The van der Waals surface area contributed by atoms with Crippen molar-refractivity contribution >= 4 is 23.5 Å². The Labute approximate surface area is 114 Å². The van der Waals surface area contributed by atoms with E-state index in [-0.39, 0.29) is 0 Å². The highest BCUT2D eigenvalue weighted by atomic mass is 32.2. The molecule has 100 valence electrons. The van der Waals surface area contributed by atoms with E-state index in [0.29, 0.717) is 12.1 Å². The number of piperazine rings is 1. The summed E-state index contributed by atoms with van der Waals surface area (Å²) in [5.41, 5.74) is 0. The predicted molar refractivity (Wildman–Crippen MR) is 80.4 cm³/mol. The van der Waals surface area contributed by atoms with Gasteiger partial charge in [0, 0.05) is 61.3 Å². The topological polar surface area (TPSA) is 18.5 Å². The van der Waals surface area contributed by atoms with Gasteiger partial charge < -0.3 is 10.2 Å². The van der Waals surface area contributed by atoms with Gasteiger partial charge in [-0.15, -0.1) is 0 Å². The van der Waals surface area contributed by atoms with Crippen LogP contribution in [-0.4, -0.2) is 85.2 Å². The molecule has 2 rings (SSSR count). The average Bonchev–Trinajstić information content (AvgIpc) is 2.59. The first kappa shape index (κ1) is 14.0. The number of hydrogen-bond donors (Lipinski definition) is 1. The molecule has 1 unspecified atom stereocenters. The van der Waals surface area contributed by atoms with E-state index in [1.165, 1.54) is 42.6 Å². The summed E-state index contributed by atoms with van der Waals surface area (Å²) in [6.07, 6.45) is 0. The molecular weight excluding hydrogens is 250 g/mol. The molecule has 1 atom stereocenters. The van der Waals surface area contributed by atoms with Gasteiger partial charge in [-0.1, -0.05) is 0 Å². The predicted octanol–water partition coefficient (Wildman–Crippen LogP) is 0.670. The first-order valence-electron chi connectivity index (χ1n) is 6.53. The van der Waals surface area contributed by atoms with Crippen LogP contribution in [0.25, 0.3) is 0 Å². The van der Waals surface area contributed by atoms with Crippen LogP contribution in [0.1, 0.15) is 0 Å². The molecule has 0 spiro atoms. The summed E-state index contributed by atoms with van der Waals surface area (Å²) in [7, 11) is 4.49. The average molecular weight is 275 g/mol. The number of hydrogen-bond acceptors (Lipinski definition) is 5. The van der Waals surface area contributed by atoms with Crippen molar-refractivity contribution in [2.75, 3.05) is 63.3 Å². The Kier molecular flexibility index (Phi) is 5.96. The molecule has 2 fully saturated rings. The third-order valence-electron chi connectivity index (χ3n) is 3.63. The second-order valence-corrected chi connectivity index (χ2v) is 7.45. The van der Waals surface area contributed by atoms with Crippen LogP contribution >= 0.6 is 23.5 Å². The molecule has 1 N–H and O–H groups in total. The quantitative estimate of drug-likeness (QED) is 0.814. The monoisotopic (exact) mass is 275 g/mol. The largest absolute Gasteiger partial charge is 0.311 e. The maximum Gasteiger partial charge on any atom is 0.0345 e. The van der Waals surface area contributed by atoms with Gasteiger partial charge >= 0.3 is 0 Å². The Morgan fingerprint density at radius 2 is 1.82 bits per heavy atom. The first-order valence-corrected chi connectivity index (χ1v) is 8.84. The third kappa shape index (κ3) is 4.63. The maximum absolute atomic E-state index is 3.77. The Morgan fingerprint density at radius 3 is 2.53 bits per heavy atom. The molecule has 0 bridgehead atoms. The van der Waals surface area contributed by atoms with Crippen LogP contribution < -0.4 is 5.32 Å². The minimum Gasteiger partial charge on any atom is -0.311 e. The number of rotatable bonds is 3. The summed E-state index contributed by atoms with van der Waals surface area (Å²) in [5.74, 6) is 5.24. The second-order valence-electron chi connectivity index (χ2n) is 5.15. The molecule has 0 aromatic carbocycles. The Balaban J connectivity index is 1.72. The van der Waals surface area contributed by atoms with Crippen LogP contribution in [-0.2, 0) is 0 Å². The van der Waals surface area contributed by atoms with Gasteiger partial charge in [-0.05, 0) is 14.1 Å². The molecule has 2 heterocycles. The molecule has 0 aromatic heterocycles. The molecule has 2 aliphatic heterocycles. The third-order valence-corrected chi connectivity index (χ3v) is 6.15. The van der Waals surface area contributed by atoms with Gasteiger partial charge in [0.25, 0.3) is 0 Å². The zero-order chi connectivity index (χ0) is 12.1. The van der Waals surface area contributed by atoms with Crippen molar-refractivity contribution in [2.45, 2.75) is 12.1 Å². The number of nitrogens with one attached hydrogen (secondary N) is 1. The van der Waals surface area contributed by atoms with Crippen LogP contribution in [0.3, 0.4) is 0 Å². The number of nitrogens with zero attached hydrogens (tertiary/aromatic N) is 2. The van der Waals surface area contributed by atoms with E-state index in [2.05, 4.69) is 52.7 Å². The Hall–Kier alpha value is 0.580. The Morgan fingerprint density at radius 1 is 1.12 bits per heavy atom. The zero-order valence-electron chi connectivity index (χ0n) is 11.0. The van der Waals surface area contributed by atoms with Crippen molar-refractivity contribution < 1.29 is 0 Å². The molecule has 17 heavy (non-hydrogen) atoms. The van der Waals surface area contributed by atoms with E-state index in [9.17, 15) is 0 Å². The molecule has 0 aliphatic carbocycles. The van der Waals surface area contributed by atoms with E-state index in [4.69, 9.17) is 0 Å². The summed E-state index contributed by atoms with van der Waals surface area (Å²) in [6, 6.07) is 1.40. The zero-order valence-corrected chi connectivity index (χ0v) is 12.7. The summed E-state index contributed by atoms with van der Waals surface area (Å²) in [6.45, 7) is 4.77. The molecule has 0 saturated carbocycles. The van der Waals surface area contributed by atoms with Crippen LogP contribution in [0.2, 0.25) is 0 Å². The van der Waals surface area contributed by atoms with E-state index >= 15 is 0 Å². The van der Waals surface area contributed by atoms with E-state index in [0.717, 1.165) is 6.54 Å². The SMILES string of the molecule is CN1CCN(C)C(CNC2CSCCSC2)C1. The molecule has 0 radical (unpaired) electrons. The minimum absolute atomic E-state index is 0.687. The summed E-state index contributed by atoms with van der Waals surface area (Å²) < 4.78 is 0. The van der Waals surface area contributed by atoms with Crippen molar-refractivity contribution in [2.24, 2.45) is 0 Å². The summed E-state index contributed by atoms with van der Waals surface area (Å²) in [4.78, 5) is 4.95. The van der Waals surface area contributed by atoms with Crippen molar-refractivity contribution in [3.8, 4) is 0 Å². The summed E-state index contributed by atoms with van der Waals surface area (Å²) in [5, 5.41) is 3.77. The van der Waals surface area contributed by atoms with E-state index in [1.54, 1.807) is 0 Å². The lowest BCUT2D eigenvalue weighted by Gasteiger charge is -2.38. The van der Waals surface area contributed by atoms with Crippen molar-refractivity contribution in [3.05, 3.63) is 0 Å². The minimum atomic E-state index is 0.687. The Bertz CT molecular complexity index is 220. The molecular formula is C12H25N3S2. The van der Waals surface area contributed by atoms with Gasteiger partial charge in [0.05, 0.1) is 0 Å². The van der Waals surface area contributed by atoms with Crippen molar-refractivity contribution in [3.63, 3.8) is 0 Å². The van der Waals surface area contributed by atoms with E-state index < -0.39 is 0 Å². The highest BCUT2D eigenvalue weighted by Gasteiger charge is 2.23. The maximum atomic E-state index is 3.77. The molecule has 0 aromatic rings. The van der Waals surface area contributed by atoms with Crippen molar-refractivity contribution in [1.82, 2.24) is 15.1 Å². The lowest BCUT2D eigenvalue weighted by Crippen LogP contribution is -2.55. The van der Waals surface area contributed by atoms with Crippen LogP contribution in [0, 0.1) is 0 Å². The standard InChI is InChI=1S/C12H25N3S2/c1-14-3-4-15(2)12(8-14)7-13-11-9-16-5-6-17-10-11/h11-13H,3-10H2,1-2H3. The van der Waals surface area contributed by atoms with Gasteiger partial charge in [-0.2, -0.15) is 23.5 Å². The number of likely N-dealkylation sites (N-methyl/N-ethyl adjacent to an activating group) is 2. The first-order chi connectivity index (χ1) is 8.25. The van der Waals surface area contributed by atoms with Crippen LogP contribution in [0.5, 0.6) is 0 Å². The highest BCUT2D eigenvalue weighted by molar-refractivity contribution is 8.03. The van der Waals surface area contributed by atoms with Crippen LogP contribution in [0.15, 0.2) is 0 Å². The molecule has 2 aliphatic rings. The van der Waals surface area contributed by atoms with Crippen molar-refractivity contribution in [1.29, 1.82) is 0 Å². The molecule has 2 saturated heterocycles. The molecule has 5 heteroatoms.